The van der Waals surface area contributed by atoms with Crippen LogP contribution < -0.4 is 5.32 Å². The zero-order chi connectivity index (χ0) is 19.1. The molecule has 1 heterocycles. The standard InChI is InChI=1S/C22H21N3OS/c1-17-8-6-12-20(18(17)2)25-15-14-24-22(25)27-16-21(26)23-13-7-11-19-9-4-3-5-10-19/h3-6,8-10,12,14-15H,13,16H2,1-2H3,(H,23,26). The summed E-state index contributed by atoms with van der Waals surface area (Å²) in [5.41, 5.74) is 4.46. The van der Waals surface area contributed by atoms with Gasteiger partial charge in [-0.25, -0.2) is 4.98 Å². The number of rotatable bonds is 5. The summed E-state index contributed by atoms with van der Waals surface area (Å²) in [6.45, 7) is 4.52. The molecule has 3 aromatic rings. The molecular weight excluding hydrogens is 354 g/mol. The summed E-state index contributed by atoms with van der Waals surface area (Å²) in [4.78, 5) is 16.5. The molecule has 1 N–H and O–H groups in total. The van der Waals surface area contributed by atoms with E-state index in [1.165, 1.54) is 22.9 Å². The van der Waals surface area contributed by atoms with Crippen molar-refractivity contribution in [2.24, 2.45) is 0 Å². The maximum Gasteiger partial charge on any atom is 0.231 e. The van der Waals surface area contributed by atoms with Crippen molar-refractivity contribution in [2.75, 3.05) is 12.3 Å². The number of thioether (sulfide) groups is 1. The van der Waals surface area contributed by atoms with Crippen LogP contribution in [-0.2, 0) is 4.79 Å². The van der Waals surface area contributed by atoms with Crippen molar-refractivity contribution < 1.29 is 4.79 Å². The van der Waals surface area contributed by atoms with Gasteiger partial charge in [-0.2, -0.15) is 0 Å². The quantitative estimate of drug-likeness (QED) is 0.546. The Bertz CT molecular complexity index is 984. The molecule has 5 heteroatoms. The van der Waals surface area contributed by atoms with Crippen LogP contribution >= 0.6 is 11.8 Å². The normalized spacial score (nSPS) is 10.1. The van der Waals surface area contributed by atoms with Gasteiger partial charge in [-0.1, -0.05) is 53.9 Å². The Kier molecular flexibility index (Phi) is 6.35. The first-order chi connectivity index (χ1) is 13.1. The highest BCUT2D eigenvalue weighted by atomic mass is 32.2. The summed E-state index contributed by atoms with van der Waals surface area (Å²) in [5, 5.41) is 3.62. The minimum atomic E-state index is -0.0575. The topological polar surface area (TPSA) is 46.9 Å². The van der Waals surface area contributed by atoms with E-state index in [0.29, 0.717) is 12.3 Å². The molecule has 2 aromatic carbocycles. The van der Waals surface area contributed by atoms with Crippen LogP contribution in [-0.4, -0.2) is 27.8 Å². The summed E-state index contributed by atoms with van der Waals surface area (Å²) >= 11 is 1.42. The molecule has 0 aliphatic carbocycles. The van der Waals surface area contributed by atoms with Gasteiger partial charge in [-0.3, -0.25) is 9.36 Å². The van der Waals surface area contributed by atoms with Gasteiger partial charge in [0, 0.05) is 18.0 Å². The van der Waals surface area contributed by atoms with Gasteiger partial charge in [0.1, 0.15) is 0 Å². The molecule has 136 valence electrons. The van der Waals surface area contributed by atoms with Crippen molar-refractivity contribution in [1.29, 1.82) is 0 Å². The number of amides is 1. The molecule has 0 spiro atoms. The second-order valence-electron chi connectivity index (χ2n) is 6.03. The molecule has 4 nitrogen and oxygen atoms in total. The predicted octanol–water partition coefficient (Wildman–Crippen LogP) is 3.75. The molecular formula is C22H21N3OS. The van der Waals surface area contributed by atoms with Gasteiger partial charge in [0.15, 0.2) is 5.16 Å². The van der Waals surface area contributed by atoms with Crippen LogP contribution in [0.3, 0.4) is 0 Å². The molecule has 0 unspecified atom stereocenters. The highest BCUT2D eigenvalue weighted by Crippen LogP contribution is 2.24. The lowest BCUT2D eigenvalue weighted by atomic mass is 10.1. The van der Waals surface area contributed by atoms with E-state index in [2.05, 4.69) is 48.1 Å². The lowest BCUT2D eigenvalue weighted by molar-refractivity contribution is -0.118. The fraction of sp³-hybridized carbons (Fsp3) is 0.182. The number of carbonyl (C=O) groups is 1. The number of nitrogens with one attached hydrogen (secondary N) is 1. The molecule has 1 amide bonds. The van der Waals surface area contributed by atoms with Crippen LogP contribution in [0.15, 0.2) is 66.1 Å². The molecule has 1 aromatic heterocycles. The smallest absolute Gasteiger partial charge is 0.231 e. The molecule has 0 saturated carbocycles. The van der Waals surface area contributed by atoms with Crippen molar-refractivity contribution in [3.05, 3.63) is 77.6 Å². The van der Waals surface area contributed by atoms with Crippen LogP contribution in [0.4, 0.5) is 0 Å². The van der Waals surface area contributed by atoms with Gasteiger partial charge >= 0.3 is 0 Å². The van der Waals surface area contributed by atoms with Crippen LogP contribution in [0.5, 0.6) is 0 Å². The number of aryl methyl sites for hydroxylation is 1. The third-order valence-electron chi connectivity index (χ3n) is 4.16. The van der Waals surface area contributed by atoms with Crippen LogP contribution in [0.25, 0.3) is 5.69 Å². The minimum Gasteiger partial charge on any atom is -0.344 e. The summed E-state index contributed by atoms with van der Waals surface area (Å²) in [6.07, 6.45) is 3.68. The average molecular weight is 375 g/mol. The predicted molar refractivity (Wildman–Crippen MR) is 110 cm³/mol. The monoisotopic (exact) mass is 375 g/mol. The number of benzene rings is 2. The zero-order valence-corrected chi connectivity index (χ0v) is 16.2. The van der Waals surface area contributed by atoms with E-state index in [1.807, 2.05) is 47.2 Å². The summed E-state index contributed by atoms with van der Waals surface area (Å²) in [5.74, 6) is 6.23. The number of hydrogen-bond acceptors (Lipinski definition) is 3. The van der Waals surface area contributed by atoms with E-state index >= 15 is 0 Å². The Hall–Kier alpha value is -2.97. The first kappa shape index (κ1) is 18.8. The van der Waals surface area contributed by atoms with Gasteiger partial charge < -0.3 is 5.32 Å². The fourth-order valence-corrected chi connectivity index (χ4v) is 3.36. The zero-order valence-electron chi connectivity index (χ0n) is 15.4. The average Bonchev–Trinajstić information content (AvgIpc) is 3.15. The number of aromatic nitrogens is 2. The Balaban J connectivity index is 1.55. The van der Waals surface area contributed by atoms with Crippen LogP contribution in [0, 0.1) is 25.7 Å². The van der Waals surface area contributed by atoms with E-state index < -0.39 is 0 Å². The molecule has 0 radical (unpaired) electrons. The Labute approximate surface area is 164 Å². The third-order valence-corrected chi connectivity index (χ3v) is 5.12. The highest BCUT2D eigenvalue weighted by Gasteiger charge is 2.11. The third kappa shape index (κ3) is 5.02. The molecule has 3 rings (SSSR count). The van der Waals surface area contributed by atoms with Crippen LogP contribution in [0.2, 0.25) is 0 Å². The van der Waals surface area contributed by atoms with Gasteiger partial charge in [-0.05, 0) is 43.2 Å². The first-order valence-electron chi connectivity index (χ1n) is 8.68. The van der Waals surface area contributed by atoms with E-state index in [1.54, 1.807) is 6.20 Å². The van der Waals surface area contributed by atoms with Crippen molar-refractivity contribution in [1.82, 2.24) is 14.9 Å². The van der Waals surface area contributed by atoms with Crippen molar-refractivity contribution >= 4 is 17.7 Å². The minimum absolute atomic E-state index is 0.0575. The molecule has 27 heavy (non-hydrogen) atoms. The Morgan fingerprint density at radius 2 is 1.96 bits per heavy atom. The number of carbonyl (C=O) groups excluding carboxylic acids is 1. The maximum absolute atomic E-state index is 12.1. The molecule has 0 bridgehead atoms. The second-order valence-corrected chi connectivity index (χ2v) is 6.97. The summed E-state index contributed by atoms with van der Waals surface area (Å²) in [7, 11) is 0. The summed E-state index contributed by atoms with van der Waals surface area (Å²) in [6, 6.07) is 15.9. The van der Waals surface area contributed by atoms with Gasteiger partial charge in [0.2, 0.25) is 5.91 Å². The number of hydrogen-bond donors (Lipinski definition) is 1. The van der Waals surface area contributed by atoms with E-state index in [9.17, 15) is 4.79 Å². The van der Waals surface area contributed by atoms with Crippen molar-refractivity contribution in [3.63, 3.8) is 0 Å². The van der Waals surface area contributed by atoms with Gasteiger partial charge in [-0.15, -0.1) is 0 Å². The largest absolute Gasteiger partial charge is 0.344 e. The molecule has 0 saturated heterocycles. The van der Waals surface area contributed by atoms with Crippen LogP contribution in [0.1, 0.15) is 16.7 Å². The lowest BCUT2D eigenvalue weighted by Gasteiger charge is -2.12. The van der Waals surface area contributed by atoms with E-state index in [-0.39, 0.29) is 5.91 Å². The number of imidazole rings is 1. The lowest BCUT2D eigenvalue weighted by Crippen LogP contribution is -2.25. The van der Waals surface area contributed by atoms with Gasteiger partial charge in [0.05, 0.1) is 18.0 Å². The SMILES string of the molecule is Cc1cccc(-n2ccnc2SCC(=O)NCC#Cc2ccccc2)c1C. The summed E-state index contributed by atoms with van der Waals surface area (Å²) < 4.78 is 2.02. The van der Waals surface area contributed by atoms with Crippen molar-refractivity contribution in [3.8, 4) is 17.5 Å². The van der Waals surface area contributed by atoms with Gasteiger partial charge in [0.25, 0.3) is 0 Å². The molecule has 0 fully saturated rings. The molecule has 0 aliphatic rings. The van der Waals surface area contributed by atoms with Crippen molar-refractivity contribution in [2.45, 2.75) is 19.0 Å². The van der Waals surface area contributed by atoms with E-state index in [4.69, 9.17) is 0 Å². The number of nitrogens with zero attached hydrogens (tertiary/aromatic N) is 2. The Morgan fingerprint density at radius 3 is 2.78 bits per heavy atom. The highest BCUT2D eigenvalue weighted by molar-refractivity contribution is 7.99. The molecule has 0 atom stereocenters. The maximum atomic E-state index is 12.1. The molecule has 0 aliphatic heterocycles. The first-order valence-corrected chi connectivity index (χ1v) is 9.67. The fourth-order valence-electron chi connectivity index (χ4n) is 2.57. The van der Waals surface area contributed by atoms with E-state index in [0.717, 1.165) is 16.4 Å². The second kappa shape index (κ2) is 9.11. The Morgan fingerprint density at radius 1 is 1.15 bits per heavy atom.